The zero-order valence-corrected chi connectivity index (χ0v) is 11.0. The molecule has 0 radical (unpaired) electrons. The van der Waals surface area contributed by atoms with Crippen molar-refractivity contribution < 1.29 is 9.13 Å². The number of nitrogens with one attached hydrogen (secondary N) is 1. The first-order valence-corrected chi connectivity index (χ1v) is 6.41. The number of hydrogen-bond acceptors (Lipinski definition) is 4. The second-order valence-corrected chi connectivity index (χ2v) is 4.87. The smallest absolute Gasteiger partial charge is 0.205 e. The first kappa shape index (κ1) is 13.1. The van der Waals surface area contributed by atoms with E-state index in [1.54, 1.807) is 36.4 Å². The van der Waals surface area contributed by atoms with Crippen molar-refractivity contribution >= 4 is 11.6 Å². The van der Waals surface area contributed by atoms with Gasteiger partial charge in [-0.15, -0.1) is 0 Å². The van der Waals surface area contributed by atoms with Gasteiger partial charge in [-0.2, -0.15) is 5.26 Å². The van der Waals surface area contributed by atoms with Gasteiger partial charge in [-0.05, 0) is 29.8 Å². The van der Waals surface area contributed by atoms with Crippen LogP contribution in [0.15, 0.2) is 42.5 Å². The SMILES string of the molecule is N#CC1C(=N)Oc2ccc(N)cc2C1c1ccccc1F. The number of nitrogens with two attached hydrogens (primary N) is 1. The van der Waals surface area contributed by atoms with Crippen molar-refractivity contribution in [2.75, 3.05) is 5.73 Å². The summed E-state index contributed by atoms with van der Waals surface area (Å²) in [5, 5.41) is 17.2. The van der Waals surface area contributed by atoms with Gasteiger partial charge in [-0.25, -0.2) is 4.39 Å². The summed E-state index contributed by atoms with van der Waals surface area (Å²) in [7, 11) is 0. The highest BCUT2D eigenvalue weighted by Crippen LogP contribution is 2.43. The molecule has 2 aromatic rings. The third-order valence-electron chi connectivity index (χ3n) is 3.58. The van der Waals surface area contributed by atoms with Gasteiger partial charge >= 0.3 is 0 Å². The Morgan fingerprint density at radius 1 is 1.19 bits per heavy atom. The molecule has 21 heavy (non-hydrogen) atoms. The quantitative estimate of drug-likeness (QED) is 0.788. The maximum absolute atomic E-state index is 14.2. The van der Waals surface area contributed by atoms with Crippen LogP contribution in [0, 0.1) is 28.5 Å². The van der Waals surface area contributed by atoms with Crippen LogP contribution in [0.3, 0.4) is 0 Å². The van der Waals surface area contributed by atoms with E-state index in [0.29, 0.717) is 22.6 Å². The molecule has 3 N–H and O–H groups in total. The number of hydrogen-bond donors (Lipinski definition) is 2. The van der Waals surface area contributed by atoms with Gasteiger partial charge in [0, 0.05) is 17.2 Å². The molecular weight excluding hydrogens is 269 g/mol. The molecule has 104 valence electrons. The van der Waals surface area contributed by atoms with E-state index < -0.39 is 17.7 Å². The molecule has 2 aromatic carbocycles. The van der Waals surface area contributed by atoms with Crippen molar-refractivity contribution in [2.24, 2.45) is 5.92 Å². The Balaban J connectivity index is 2.25. The number of fused-ring (bicyclic) bond motifs is 1. The monoisotopic (exact) mass is 281 g/mol. The normalized spacial score (nSPS) is 20.3. The Morgan fingerprint density at radius 2 is 1.95 bits per heavy atom. The van der Waals surface area contributed by atoms with Crippen LogP contribution < -0.4 is 10.5 Å². The lowest BCUT2D eigenvalue weighted by Crippen LogP contribution is -2.31. The summed E-state index contributed by atoms with van der Waals surface area (Å²) in [6, 6.07) is 13.2. The van der Waals surface area contributed by atoms with Crippen LogP contribution in [0.4, 0.5) is 10.1 Å². The number of nitrogen functional groups attached to an aromatic ring is 1. The first-order chi connectivity index (χ1) is 10.1. The van der Waals surface area contributed by atoms with E-state index >= 15 is 0 Å². The Morgan fingerprint density at radius 3 is 2.67 bits per heavy atom. The largest absolute Gasteiger partial charge is 0.442 e. The third-order valence-corrected chi connectivity index (χ3v) is 3.58. The number of nitrogens with zero attached hydrogens (tertiary/aromatic N) is 1. The lowest BCUT2D eigenvalue weighted by atomic mass is 9.79. The highest BCUT2D eigenvalue weighted by atomic mass is 19.1. The van der Waals surface area contributed by atoms with Crippen molar-refractivity contribution in [3.8, 4) is 11.8 Å². The molecule has 5 heteroatoms. The summed E-state index contributed by atoms with van der Waals surface area (Å²) in [5.74, 6) is -1.63. The molecule has 2 unspecified atom stereocenters. The molecule has 1 aliphatic rings. The van der Waals surface area contributed by atoms with Gasteiger partial charge in [0.05, 0.1) is 6.07 Å². The molecule has 0 bridgehead atoms. The van der Waals surface area contributed by atoms with Gasteiger partial charge in [0.2, 0.25) is 5.90 Å². The third kappa shape index (κ3) is 2.11. The molecule has 0 aliphatic carbocycles. The highest BCUT2D eigenvalue weighted by Gasteiger charge is 2.38. The van der Waals surface area contributed by atoms with Crippen LogP contribution in [-0.2, 0) is 0 Å². The van der Waals surface area contributed by atoms with Crippen molar-refractivity contribution in [3.05, 3.63) is 59.4 Å². The standard InChI is InChI=1S/C16H12FN3O/c17-13-4-2-1-3-10(13)15-11-7-9(19)5-6-14(11)21-16(20)12(15)8-18/h1-7,12,15,20H,19H2. The number of halogens is 1. The molecule has 3 rings (SSSR count). The predicted octanol–water partition coefficient (Wildman–Crippen LogP) is 3.05. The van der Waals surface area contributed by atoms with E-state index in [2.05, 4.69) is 0 Å². The van der Waals surface area contributed by atoms with E-state index in [-0.39, 0.29) is 5.90 Å². The molecule has 1 aliphatic heterocycles. The van der Waals surface area contributed by atoms with E-state index in [0.717, 1.165) is 0 Å². The summed E-state index contributed by atoms with van der Waals surface area (Å²) in [6.07, 6.45) is 0. The Kier molecular flexibility index (Phi) is 3.07. The van der Waals surface area contributed by atoms with E-state index in [9.17, 15) is 9.65 Å². The topological polar surface area (TPSA) is 82.9 Å². The number of benzene rings is 2. The minimum Gasteiger partial charge on any atom is -0.442 e. The average molecular weight is 281 g/mol. The lowest BCUT2D eigenvalue weighted by molar-refractivity contribution is 0.444. The Hall–Kier alpha value is -2.87. The minimum atomic E-state index is -0.879. The molecule has 0 amide bonds. The van der Waals surface area contributed by atoms with Gasteiger partial charge in [-0.1, -0.05) is 18.2 Å². The maximum Gasteiger partial charge on any atom is 0.205 e. The van der Waals surface area contributed by atoms with Crippen LogP contribution in [-0.4, -0.2) is 5.90 Å². The van der Waals surface area contributed by atoms with E-state index in [4.69, 9.17) is 15.9 Å². The summed E-state index contributed by atoms with van der Waals surface area (Å²) in [4.78, 5) is 0. The van der Waals surface area contributed by atoms with Crippen LogP contribution in [0.5, 0.6) is 5.75 Å². The second kappa shape index (κ2) is 4.91. The van der Waals surface area contributed by atoms with Crippen molar-refractivity contribution in [3.63, 3.8) is 0 Å². The zero-order valence-electron chi connectivity index (χ0n) is 11.0. The molecule has 4 nitrogen and oxygen atoms in total. The molecule has 2 atom stereocenters. The van der Waals surface area contributed by atoms with Gasteiger partial charge in [0.1, 0.15) is 17.5 Å². The Bertz CT molecular complexity index is 766. The molecule has 0 spiro atoms. The van der Waals surface area contributed by atoms with Crippen molar-refractivity contribution in [1.82, 2.24) is 0 Å². The molecule has 0 saturated carbocycles. The molecule has 1 heterocycles. The fourth-order valence-corrected chi connectivity index (χ4v) is 2.62. The summed E-state index contributed by atoms with van der Waals surface area (Å²) in [5.41, 5.74) is 7.29. The molecular formula is C16H12FN3O. The van der Waals surface area contributed by atoms with Gasteiger partial charge in [-0.3, -0.25) is 5.41 Å². The lowest BCUT2D eigenvalue weighted by Gasteiger charge is -2.30. The number of rotatable bonds is 1. The maximum atomic E-state index is 14.2. The summed E-state index contributed by atoms with van der Waals surface area (Å²) >= 11 is 0. The fraction of sp³-hybridized carbons (Fsp3) is 0.125. The molecule has 0 saturated heterocycles. The zero-order chi connectivity index (χ0) is 15.0. The molecule has 0 aromatic heterocycles. The summed E-state index contributed by atoms with van der Waals surface area (Å²) < 4.78 is 19.5. The summed E-state index contributed by atoms with van der Waals surface area (Å²) in [6.45, 7) is 0. The second-order valence-electron chi connectivity index (χ2n) is 4.87. The minimum absolute atomic E-state index is 0.178. The molecule has 0 fully saturated rings. The van der Waals surface area contributed by atoms with Crippen molar-refractivity contribution in [2.45, 2.75) is 5.92 Å². The van der Waals surface area contributed by atoms with E-state index in [1.807, 2.05) is 6.07 Å². The van der Waals surface area contributed by atoms with Crippen LogP contribution in [0.2, 0.25) is 0 Å². The number of anilines is 1. The van der Waals surface area contributed by atoms with Gasteiger partial charge in [0.15, 0.2) is 0 Å². The number of ether oxygens (including phenoxy) is 1. The average Bonchev–Trinajstić information content (AvgIpc) is 2.47. The van der Waals surface area contributed by atoms with Crippen LogP contribution >= 0.6 is 0 Å². The first-order valence-electron chi connectivity index (χ1n) is 6.41. The van der Waals surface area contributed by atoms with Crippen LogP contribution in [0.25, 0.3) is 0 Å². The van der Waals surface area contributed by atoms with Crippen LogP contribution in [0.1, 0.15) is 17.0 Å². The fourth-order valence-electron chi connectivity index (χ4n) is 2.62. The van der Waals surface area contributed by atoms with Gasteiger partial charge < -0.3 is 10.5 Å². The van der Waals surface area contributed by atoms with Gasteiger partial charge in [0.25, 0.3) is 0 Å². The highest BCUT2D eigenvalue weighted by molar-refractivity contribution is 5.85. The Labute approximate surface area is 121 Å². The number of nitriles is 1. The van der Waals surface area contributed by atoms with E-state index in [1.165, 1.54) is 6.07 Å². The van der Waals surface area contributed by atoms with Crippen molar-refractivity contribution in [1.29, 1.82) is 10.7 Å². The predicted molar refractivity (Wildman–Crippen MR) is 76.6 cm³/mol.